The topological polar surface area (TPSA) is 55.1 Å². The highest BCUT2D eigenvalue weighted by atomic mass is 35.5. The van der Waals surface area contributed by atoms with Crippen LogP contribution in [0.5, 0.6) is 0 Å². The zero-order valence-corrected chi connectivity index (χ0v) is 13.6. The van der Waals surface area contributed by atoms with Crippen LogP contribution in [0.15, 0.2) is 24.3 Å². The Hall–Kier alpha value is -0.710. The maximum absolute atomic E-state index is 12.0. The quantitative estimate of drug-likeness (QED) is 0.776. The third-order valence-corrected chi connectivity index (χ3v) is 4.10. The van der Waals surface area contributed by atoms with Crippen molar-refractivity contribution in [2.24, 2.45) is 5.73 Å². The second-order valence-electron chi connectivity index (χ2n) is 4.83. The molecule has 2 atom stereocenters. The van der Waals surface area contributed by atoms with Gasteiger partial charge in [0.2, 0.25) is 5.91 Å². The molecule has 112 valence electrons. The van der Waals surface area contributed by atoms with E-state index in [-0.39, 0.29) is 11.9 Å². The van der Waals surface area contributed by atoms with Crippen molar-refractivity contribution in [3.63, 3.8) is 0 Å². The molecule has 3 nitrogen and oxygen atoms in total. The van der Waals surface area contributed by atoms with Crippen LogP contribution in [0.1, 0.15) is 25.3 Å². The van der Waals surface area contributed by atoms with Crippen LogP contribution in [-0.2, 0) is 11.2 Å². The van der Waals surface area contributed by atoms with E-state index in [1.54, 1.807) is 11.8 Å². The number of halogens is 1. The van der Waals surface area contributed by atoms with Crippen molar-refractivity contribution in [2.45, 2.75) is 38.3 Å². The lowest BCUT2D eigenvalue weighted by molar-refractivity contribution is -0.123. The van der Waals surface area contributed by atoms with Gasteiger partial charge in [-0.2, -0.15) is 11.8 Å². The van der Waals surface area contributed by atoms with Crippen molar-refractivity contribution in [1.82, 2.24) is 5.32 Å². The maximum Gasteiger partial charge on any atom is 0.237 e. The summed E-state index contributed by atoms with van der Waals surface area (Å²) in [7, 11) is 0. The van der Waals surface area contributed by atoms with Crippen LogP contribution in [0.3, 0.4) is 0 Å². The number of hydrogen-bond acceptors (Lipinski definition) is 3. The number of carbonyl (C=O) groups is 1. The average Bonchev–Trinajstić information content (AvgIpc) is 2.46. The Morgan fingerprint density at radius 2 is 2.05 bits per heavy atom. The van der Waals surface area contributed by atoms with Gasteiger partial charge < -0.3 is 11.1 Å². The number of hydrogen-bond donors (Lipinski definition) is 2. The average molecular weight is 315 g/mol. The molecule has 1 aromatic carbocycles. The molecule has 0 bridgehead atoms. The Labute approximate surface area is 130 Å². The van der Waals surface area contributed by atoms with Crippen LogP contribution in [0.2, 0.25) is 5.02 Å². The van der Waals surface area contributed by atoms with Gasteiger partial charge in [0.05, 0.1) is 6.04 Å². The van der Waals surface area contributed by atoms with E-state index in [1.165, 1.54) is 5.56 Å². The number of thioether (sulfide) groups is 1. The Morgan fingerprint density at radius 3 is 2.60 bits per heavy atom. The first-order chi connectivity index (χ1) is 9.56. The van der Waals surface area contributed by atoms with E-state index in [1.807, 2.05) is 30.5 Å². The molecule has 3 N–H and O–H groups in total. The molecule has 1 aromatic rings. The van der Waals surface area contributed by atoms with Crippen molar-refractivity contribution in [2.75, 3.05) is 12.0 Å². The second kappa shape index (κ2) is 9.27. The van der Waals surface area contributed by atoms with Crippen molar-refractivity contribution in [1.29, 1.82) is 0 Å². The Kier molecular flexibility index (Phi) is 8.04. The van der Waals surface area contributed by atoms with Crippen molar-refractivity contribution < 1.29 is 4.79 Å². The van der Waals surface area contributed by atoms with Gasteiger partial charge in [0.25, 0.3) is 0 Å². The van der Waals surface area contributed by atoms with E-state index in [9.17, 15) is 4.79 Å². The number of nitrogens with two attached hydrogens (primary N) is 1. The first-order valence-corrected chi connectivity index (χ1v) is 8.63. The highest BCUT2D eigenvalue weighted by molar-refractivity contribution is 7.98. The predicted molar refractivity (Wildman–Crippen MR) is 88.4 cm³/mol. The molecular weight excluding hydrogens is 292 g/mol. The first kappa shape index (κ1) is 17.3. The monoisotopic (exact) mass is 314 g/mol. The molecule has 0 aliphatic rings. The number of benzene rings is 1. The van der Waals surface area contributed by atoms with E-state index in [4.69, 9.17) is 17.3 Å². The lowest BCUT2D eigenvalue weighted by Crippen LogP contribution is -2.46. The molecule has 0 fully saturated rings. The fourth-order valence-electron chi connectivity index (χ4n) is 1.89. The van der Waals surface area contributed by atoms with E-state index < -0.39 is 6.04 Å². The molecule has 0 aliphatic carbocycles. The molecule has 5 heteroatoms. The van der Waals surface area contributed by atoms with Crippen LogP contribution in [0.25, 0.3) is 0 Å². The standard InChI is InChI=1S/C15H23ClN2OS/c1-3-13(10-11-4-6-12(16)7-5-11)18-15(19)14(17)8-9-20-2/h4-7,13-14H,3,8-10,17H2,1-2H3,(H,18,19). The highest BCUT2D eigenvalue weighted by Gasteiger charge is 2.17. The van der Waals surface area contributed by atoms with Gasteiger partial charge in [-0.15, -0.1) is 0 Å². The minimum atomic E-state index is -0.415. The number of rotatable bonds is 8. The number of carbonyl (C=O) groups excluding carboxylic acids is 1. The summed E-state index contributed by atoms with van der Waals surface area (Å²) in [5.74, 6) is 0.850. The van der Waals surface area contributed by atoms with Crippen LogP contribution in [0.4, 0.5) is 0 Å². The smallest absolute Gasteiger partial charge is 0.237 e. The molecule has 1 amide bonds. The lowest BCUT2D eigenvalue weighted by Gasteiger charge is -2.20. The summed E-state index contributed by atoms with van der Waals surface area (Å²) in [4.78, 5) is 12.0. The summed E-state index contributed by atoms with van der Waals surface area (Å²) < 4.78 is 0. The van der Waals surface area contributed by atoms with E-state index in [2.05, 4.69) is 12.2 Å². The van der Waals surface area contributed by atoms with Crippen molar-refractivity contribution in [3.8, 4) is 0 Å². The molecule has 1 rings (SSSR count). The van der Waals surface area contributed by atoms with Crippen molar-refractivity contribution >= 4 is 29.3 Å². The third kappa shape index (κ3) is 6.16. The zero-order chi connectivity index (χ0) is 15.0. The van der Waals surface area contributed by atoms with Gasteiger partial charge in [0.1, 0.15) is 0 Å². The molecule has 0 saturated carbocycles. The molecule has 0 saturated heterocycles. The highest BCUT2D eigenvalue weighted by Crippen LogP contribution is 2.12. The minimum Gasteiger partial charge on any atom is -0.352 e. The summed E-state index contributed by atoms with van der Waals surface area (Å²) >= 11 is 7.57. The summed E-state index contributed by atoms with van der Waals surface area (Å²) in [6, 6.07) is 7.42. The van der Waals surface area contributed by atoms with Gasteiger partial charge in [0.15, 0.2) is 0 Å². The van der Waals surface area contributed by atoms with Gasteiger partial charge in [-0.05, 0) is 49.0 Å². The summed E-state index contributed by atoms with van der Waals surface area (Å²) in [5.41, 5.74) is 7.04. The summed E-state index contributed by atoms with van der Waals surface area (Å²) in [6.07, 6.45) is 4.41. The van der Waals surface area contributed by atoms with E-state index in [0.717, 1.165) is 23.6 Å². The summed E-state index contributed by atoms with van der Waals surface area (Å²) in [5, 5.41) is 3.76. The molecular formula is C15H23ClN2OS. The zero-order valence-electron chi connectivity index (χ0n) is 12.1. The largest absolute Gasteiger partial charge is 0.352 e. The third-order valence-electron chi connectivity index (χ3n) is 3.20. The fourth-order valence-corrected chi connectivity index (χ4v) is 2.50. The Morgan fingerprint density at radius 1 is 1.40 bits per heavy atom. The second-order valence-corrected chi connectivity index (χ2v) is 6.25. The minimum absolute atomic E-state index is 0.0557. The summed E-state index contributed by atoms with van der Waals surface area (Å²) in [6.45, 7) is 2.06. The lowest BCUT2D eigenvalue weighted by atomic mass is 10.0. The maximum atomic E-state index is 12.0. The van der Waals surface area contributed by atoms with Gasteiger partial charge >= 0.3 is 0 Å². The van der Waals surface area contributed by atoms with Crippen LogP contribution in [0, 0.1) is 0 Å². The molecule has 20 heavy (non-hydrogen) atoms. The normalized spacial score (nSPS) is 13.8. The molecule has 0 heterocycles. The van der Waals surface area contributed by atoms with Crippen LogP contribution in [-0.4, -0.2) is 30.0 Å². The van der Waals surface area contributed by atoms with Crippen molar-refractivity contribution in [3.05, 3.63) is 34.9 Å². The SMILES string of the molecule is CCC(Cc1ccc(Cl)cc1)NC(=O)C(N)CCSC. The molecule has 0 aliphatic heterocycles. The van der Waals surface area contributed by atoms with Crippen LogP contribution >= 0.6 is 23.4 Å². The van der Waals surface area contributed by atoms with Gasteiger partial charge in [0, 0.05) is 11.1 Å². The van der Waals surface area contributed by atoms with Gasteiger partial charge in [-0.1, -0.05) is 30.7 Å². The molecule has 0 spiro atoms. The van der Waals surface area contributed by atoms with Crippen LogP contribution < -0.4 is 11.1 Å². The first-order valence-electron chi connectivity index (χ1n) is 6.86. The Balaban J connectivity index is 2.50. The number of amides is 1. The van der Waals surface area contributed by atoms with Gasteiger partial charge in [-0.25, -0.2) is 0 Å². The molecule has 2 unspecified atom stereocenters. The van der Waals surface area contributed by atoms with E-state index >= 15 is 0 Å². The Bertz CT molecular complexity index is 411. The van der Waals surface area contributed by atoms with E-state index in [0.29, 0.717) is 6.42 Å². The number of nitrogens with one attached hydrogen (secondary N) is 1. The van der Waals surface area contributed by atoms with Gasteiger partial charge in [-0.3, -0.25) is 4.79 Å². The fraction of sp³-hybridized carbons (Fsp3) is 0.533. The predicted octanol–water partition coefficient (Wildman–Crippen LogP) is 2.86. The molecule has 0 radical (unpaired) electrons. The molecule has 0 aromatic heterocycles.